The van der Waals surface area contributed by atoms with Crippen molar-refractivity contribution < 1.29 is 24.5 Å². The van der Waals surface area contributed by atoms with E-state index >= 15 is 0 Å². The summed E-state index contributed by atoms with van der Waals surface area (Å²) in [7, 11) is 0. The molecule has 3 rings (SSSR count). The summed E-state index contributed by atoms with van der Waals surface area (Å²) >= 11 is 0. The summed E-state index contributed by atoms with van der Waals surface area (Å²) in [6.45, 7) is 13.9. The first-order valence-corrected chi connectivity index (χ1v) is 14.1. The van der Waals surface area contributed by atoms with Gasteiger partial charge in [0, 0.05) is 13.0 Å². The molecule has 0 aliphatic carbocycles. The Bertz CT molecular complexity index is 1310. The number of rotatable bonds is 11. The third-order valence-electron chi connectivity index (χ3n) is 6.84. The Balaban J connectivity index is 1.87. The van der Waals surface area contributed by atoms with E-state index in [1.807, 2.05) is 88.6 Å². The number of aliphatic hydroxyl groups is 1. The van der Waals surface area contributed by atoms with Gasteiger partial charge in [0.1, 0.15) is 11.4 Å². The molecule has 0 aliphatic rings. The maximum atomic E-state index is 12.8. The lowest BCUT2D eigenvalue weighted by Gasteiger charge is -2.25. The summed E-state index contributed by atoms with van der Waals surface area (Å²) in [5.41, 5.74) is 3.06. The van der Waals surface area contributed by atoms with E-state index in [-0.39, 0.29) is 17.1 Å². The van der Waals surface area contributed by atoms with Gasteiger partial charge in [-0.05, 0) is 74.6 Å². The molecule has 216 valence electrons. The number of aromatic carboxylic acids is 1. The molecule has 7 nitrogen and oxygen atoms in total. The molecule has 2 N–H and O–H groups in total. The third kappa shape index (κ3) is 8.04. The zero-order valence-electron chi connectivity index (χ0n) is 25.0. The van der Waals surface area contributed by atoms with Gasteiger partial charge >= 0.3 is 11.9 Å². The van der Waals surface area contributed by atoms with Crippen LogP contribution < -0.4 is 0 Å². The number of esters is 1. The zero-order valence-corrected chi connectivity index (χ0v) is 25.0. The van der Waals surface area contributed by atoms with Gasteiger partial charge in [-0.25, -0.2) is 14.6 Å². The predicted molar refractivity (Wildman–Crippen MR) is 158 cm³/mol. The number of imidazole rings is 1. The van der Waals surface area contributed by atoms with Gasteiger partial charge in [0.05, 0.1) is 17.4 Å². The van der Waals surface area contributed by atoms with Gasteiger partial charge in [0.15, 0.2) is 5.69 Å². The number of aromatic nitrogens is 2. The van der Waals surface area contributed by atoms with Crippen LogP contribution in [-0.2, 0) is 24.1 Å². The van der Waals surface area contributed by atoms with Crippen LogP contribution in [0, 0.1) is 5.41 Å². The molecule has 1 heterocycles. The largest absolute Gasteiger partial charge is 0.477 e. The van der Waals surface area contributed by atoms with Crippen molar-refractivity contribution >= 4 is 11.9 Å². The summed E-state index contributed by atoms with van der Waals surface area (Å²) in [5, 5.41) is 20.6. The lowest BCUT2D eigenvalue weighted by Crippen LogP contribution is -2.25. The second-order valence-electron chi connectivity index (χ2n) is 12.5. The predicted octanol–water partition coefficient (Wildman–Crippen LogP) is 6.93. The molecule has 2 aromatic carbocycles. The number of aliphatic hydroxyl groups excluding tert-OH is 1. The quantitative estimate of drug-likeness (QED) is 0.252. The Kier molecular flexibility index (Phi) is 9.96. The van der Waals surface area contributed by atoms with Gasteiger partial charge in [-0.1, -0.05) is 70.2 Å². The standard InChI is InChI=1S/C33H44N2O5/c1-8-12-28-34-26(15-11-16-27(36)32(2,3)4)29(30(37)38)35(28)21-22-17-19-23(20-18-22)24-13-9-10-14-25(24)31(39)40-33(5,6)7/h9-10,13-14,17-20,27,36H,8,11-12,15-16,21H2,1-7H3,(H,37,38). The molecule has 0 spiro atoms. The molecule has 1 aromatic heterocycles. The van der Waals surface area contributed by atoms with Crippen molar-refractivity contribution in [3.63, 3.8) is 0 Å². The van der Waals surface area contributed by atoms with Crippen LogP contribution in [0.5, 0.6) is 0 Å². The molecule has 7 heteroatoms. The zero-order chi connectivity index (χ0) is 29.7. The number of carbonyl (C=O) groups excluding carboxylic acids is 1. The lowest BCUT2D eigenvalue weighted by atomic mass is 9.86. The van der Waals surface area contributed by atoms with E-state index in [1.165, 1.54) is 0 Å². The van der Waals surface area contributed by atoms with Crippen LogP contribution >= 0.6 is 0 Å². The number of carbonyl (C=O) groups is 2. The maximum absolute atomic E-state index is 12.8. The average Bonchev–Trinajstić information content (AvgIpc) is 3.20. The highest BCUT2D eigenvalue weighted by Crippen LogP contribution is 2.28. The third-order valence-corrected chi connectivity index (χ3v) is 6.84. The number of carboxylic acids is 1. The van der Waals surface area contributed by atoms with E-state index in [0.717, 1.165) is 28.9 Å². The second-order valence-corrected chi connectivity index (χ2v) is 12.5. The van der Waals surface area contributed by atoms with Crippen LogP contribution in [0.25, 0.3) is 11.1 Å². The monoisotopic (exact) mass is 548 g/mol. The first kappa shape index (κ1) is 31.1. The number of hydrogen-bond acceptors (Lipinski definition) is 5. The van der Waals surface area contributed by atoms with Crippen molar-refractivity contribution in [2.75, 3.05) is 0 Å². The molecule has 1 unspecified atom stereocenters. The van der Waals surface area contributed by atoms with Gasteiger partial charge in [-0.3, -0.25) is 0 Å². The van der Waals surface area contributed by atoms with Crippen molar-refractivity contribution in [2.24, 2.45) is 5.41 Å². The van der Waals surface area contributed by atoms with Gasteiger partial charge in [0.2, 0.25) is 0 Å². The normalized spacial score (nSPS) is 12.8. The first-order valence-electron chi connectivity index (χ1n) is 14.1. The van der Waals surface area contributed by atoms with Crippen molar-refractivity contribution in [1.29, 1.82) is 0 Å². The minimum Gasteiger partial charge on any atom is -0.477 e. The maximum Gasteiger partial charge on any atom is 0.354 e. The van der Waals surface area contributed by atoms with Gasteiger partial charge in [-0.2, -0.15) is 0 Å². The molecular formula is C33H44N2O5. The SMILES string of the molecule is CCCc1nc(CCCC(O)C(C)(C)C)c(C(=O)O)n1Cc1ccc(-c2ccccc2C(=O)OC(C)(C)C)cc1. The Morgan fingerprint density at radius 3 is 2.20 bits per heavy atom. The molecule has 0 saturated heterocycles. The minimum absolute atomic E-state index is 0.216. The number of ether oxygens (including phenoxy) is 1. The van der Waals surface area contributed by atoms with E-state index in [4.69, 9.17) is 9.72 Å². The Morgan fingerprint density at radius 2 is 1.62 bits per heavy atom. The van der Waals surface area contributed by atoms with Crippen molar-refractivity contribution in [1.82, 2.24) is 9.55 Å². The van der Waals surface area contributed by atoms with Crippen LogP contribution in [0.2, 0.25) is 0 Å². The first-order chi connectivity index (χ1) is 18.7. The summed E-state index contributed by atoms with van der Waals surface area (Å²) in [5.74, 6) is -0.613. The average molecular weight is 549 g/mol. The number of aryl methyl sites for hydroxylation is 2. The van der Waals surface area contributed by atoms with Crippen LogP contribution in [0.1, 0.15) is 106 Å². The Hall–Kier alpha value is -3.45. The highest BCUT2D eigenvalue weighted by atomic mass is 16.6. The van der Waals surface area contributed by atoms with Crippen molar-refractivity contribution in [3.05, 3.63) is 76.9 Å². The van der Waals surface area contributed by atoms with Crippen LogP contribution in [0.15, 0.2) is 48.5 Å². The smallest absolute Gasteiger partial charge is 0.354 e. The van der Waals surface area contributed by atoms with Gasteiger partial charge in [-0.15, -0.1) is 0 Å². The Labute approximate surface area is 238 Å². The van der Waals surface area contributed by atoms with Crippen molar-refractivity contribution in [3.8, 4) is 11.1 Å². The molecule has 1 atom stereocenters. The lowest BCUT2D eigenvalue weighted by molar-refractivity contribution is 0.00702. The molecule has 40 heavy (non-hydrogen) atoms. The highest BCUT2D eigenvalue weighted by Gasteiger charge is 2.25. The molecular weight excluding hydrogens is 504 g/mol. The number of hydrogen-bond donors (Lipinski definition) is 2. The number of carboxylic acid groups (broad SMARTS) is 1. The molecule has 0 bridgehead atoms. The highest BCUT2D eigenvalue weighted by molar-refractivity contribution is 5.97. The van der Waals surface area contributed by atoms with E-state index in [1.54, 1.807) is 6.07 Å². The topological polar surface area (TPSA) is 102 Å². The molecule has 0 amide bonds. The molecule has 0 aliphatic heterocycles. The van der Waals surface area contributed by atoms with E-state index in [0.29, 0.717) is 43.5 Å². The fourth-order valence-electron chi connectivity index (χ4n) is 4.67. The van der Waals surface area contributed by atoms with Crippen LogP contribution in [0.3, 0.4) is 0 Å². The van der Waals surface area contributed by atoms with Crippen LogP contribution in [0.4, 0.5) is 0 Å². The minimum atomic E-state index is -0.996. The fraction of sp³-hybridized carbons (Fsp3) is 0.485. The second kappa shape index (κ2) is 12.8. The van der Waals surface area contributed by atoms with Gasteiger partial charge in [0.25, 0.3) is 0 Å². The molecule has 0 saturated carbocycles. The molecule has 3 aromatic rings. The summed E-state index contributed by atoms with van der Waals surface area (Å²) < 4.78 is 7.41. The summed E-state index contributed by atoms with van der Waals surface area (Å²) in [6.07, 6.45) is 2.80. The van der Waals surface area contributed by atoms with E-state index in [2.05, 4.69) is 6.92 Å². The molecule has 0 radical (unpaired) electrons. The number of benzene rings is 2. The Morgan fingerprint density at radius 1 is 0.975 bits per heavy atom. The summed E-state index contributed by atoms with van der Waals surface area (Å²) in [4.78, 5) is 30.0. The van der Waals surface area contributed by atoms with E-state index in [9.17, 15) is 19.8 Å². The van der Waals surface area contributed by atoms with Crippen LogP contribution in [-0.4, -0.2) is 43.4 Å². The fourth-order valence-corrected chi connectivity index (χ4v) is 4.67. The number of nitrogens with zero attached hydrogens (tertiary/aromatic N) is 2. The summed E-state index contributed by atoms with van der Waals surface area (Å²) in [6, 6.07) is 15.2. The van der Waals surface area contributed by atoms with Gasteiger partial charge < -0.3 is 19.5 Å². The molecule has 0 fully saturated rings. The van der Waals surface area contributed by atoms with Crippen molar-refractivity contribution in [2.45, 2.75) is 98.8 Å². The van der Waals surface area contributed by atoms with E-state index < -0.39 is 17.7 Å².